The van der Waals surface area contributed by atoms with Crippen LogP contribution in [-0.4, -0.2) is 4.98 Å². The maximum absolute atomic E-state index is 5.76. The summed E-state index contributed by atoms with van der Waals surface area (Å²) in [7, 11) is 0. The number of nitrogens with zero attached hydrogens (tertiary/aromatic N) is 1. The molecule has 0 aliphatic rings. The Balaban J connectivity index is 1.97. The van der Waals surface area contributed by atoms with Crippen molar-refractivity contribution in [2.45, 2.75) is 26.4 Å². The topological polar surface area (TPSA) is 50.9 Å². The minimum Gasteiger partial charge on any atom is -0.398 e. The zero-order valence-electron chi connectivity index (χ0n) is 10.4. The number of thiazole rings is 1. The highest BCUT2D eigenvalue weighted by Crippen LogP contribution is 2.21. The van der Waals surface area contributed by atoms with E-state index in [1.807, 2.05) is 25.1 Å². The first-order chi connectivity index (χ1) is 8.56. The molecule has 0 saturated heterocycles. The fraction of sp³-hybridized carbons (Fsp3) is 0.308. The summed E-state index contributed by atoms with van der Waals surface area (Å²) in [5.74, 6) is 0. The lowest BCUT2D eigenvalue weighted by Crippen LogP contribution is -2.18. The van der Waals surface area contributed by atoms with Gasteiger partial charge in [0, 0.05) is 27.8 Å². The van der Waals surface area contributed by atoms with E-state index < -0.39 is 0 Å². The van der Waals surface area contributed by atoms with Gasteiger partial charge in [0.2, 0.25) is 0 Å². The number of nitrogens with two attached hydrogens (primary N) is 1. The molecular weight excluding hydrogens is 310 g/mol. The first kappa shape index (κ1) is 13.5. The van der Waals surface area contributed by atoms with Crippen LogP contribution in [0, 0.1) is 6.92 Å². The van der Waals surface area contributed by atoms with Gasteiger partial charge >= 0.3 is 0 Å². The number of anilines is 1. The Hall–Kier alpha value is -0.910. The van der Waals surface area contributed by atoms with Crippen LogP contribution in [0.3, 0.4) is 0 Å². The third kappa shape index (κ3) is 3.31. The van der Waals surface area contributed by atoms with E-state index in [0.29, 0.717) is 0 Å². The van der Waals surface area contributed by atoms with Crippen molar-refractivity contribution in [3.8, 4) is 0 Å². The van der Waals surface area contributed by atoms with Crippen LogP contribution in [0.2, 0.25) is 0 Å². The maximum atomic E-state index is 5.76. The highest BCUT2D eigenvalue weighted by Gasteiger charge is 2.08. The molecular formula is C13H16BrN3S. The van der Waals surface area contributed by atoms with Gasteiger partial charge in [0.1, 0.15) is 5.01 Å². The number of aromatic nitrogens is 1. The molecule has 0 radical (unpaired) electrons. The number of hydrogen-bond acceptors (Lipinski definition) is 4. The quantitative estimate of drug-likeness (QED) is 0.843. The Morgan fingerprint density at radius 3 is 2.89 bits per heavy atom. The molecule has 0 spiro atoms. The smallest absolute Gasteiger partial charge is 0.110 e. The molecule has 1 unspecified atom stereocenters. The second kappa shape index (κ2) is 5.82. The van der Waals surface area contributed by atoms with E-state index in [1.54, 1.807) is 11.3 Å². The molecule has 0 bridgehead atoms. The van der Waals surface area contributed by atoms with Crippen molar-refractivity contribution in [1.29, 1.82) is 0 Å². The van der Waals surface area contributed by atoms with Crippen LogP contribution in [0.25, 0.3) is 0 Å². The minimum absolute atomic E-state index is 0.264. The van der Waals surface area contributed by atoms with Gasteiger partial charge in [-0.1, -0.05) is 6.07 Å². The van der Waals surface area contributed by atoms with Crippen molar-refractivity contribution in [3.63, 3.8) is 0 Å². The number of benzene rings is 1. The minimum atomic E-state index is 0.264. The molecule has 1 aromatic carbocycles. The Labute approximate surface area is 120 Å². The highest BCUT2D eigenvalue weighted by atomic mass is 79.9. The fourth-order valence-corrected chi connectivity index (χ4v) is 2.86. The summed E-state index contributed by atoms with van der Waals surface area (Å²) in [6, 6.07) is 6.26. The molecule has 3 nitrogen and oxygen atoms in total. The Morgan fingerprint density at radius 2 is 2.28 bits per heavy atom. The molecule has 0 fully saturated rings. The van der Waals surface area contributed by atoms with Crippen LogP contribution in [-0.2, 0) is 6.54 Å². The zero-order chi connectivity index (χ0) is 13.1. The number of halogens is 1. The number of rotatable bonds is 4. The van der Waals surface area contributed by atoms with Gasteiger partial charge < -0.3 is 11.1 Å². The molecule has 18 heavy (non-hydrogen) atoms. The summed E-state index contributed by atoms with van der Waals surface area (Å²) in [5, 5.41) is 6.67. The van der Waals surface area contributed by atoms with Crippen LogP contribution < -0.4 is 11.1 Å². The van der Waals surface area contributed by atoms with Crippen LogP contribution in [0.5, 0.6) is 0 Å². The molecule has 1 heterocycles. The summed E-state index contributed by atoms with van der Waals surface area (Å²) < 4.78 is 0.944. The first-order valence-corrected chi connectivity index (χ1v) is 7.43. The van der Waals surface area contributed by atoms with Gasteiger partial charge in [-0.25, -0.2) is 4.98 Å². The van der Waals surface area contributed by atoms with Crippen LogP contribution in [0.15, 0.2) is 28.1 Å². The van der Waals surface area contributed by atoms with E-state index in [1.165, 1.54) is 5.56 Å². The molecule has 0 aliphatic carbocycles. The Bertz CT molecular complexity index is 539. The van der Waals surface area contributed by atoms with E-state index in [4.69, 9.17) is 5.73 Å². The first-order valence-electron chi connectivity index (χ1n) is 5.75. The monoisotopic (exact) mass is 325 g/mol. The molecule has 0 saturated carbocycles. The molecule has 3 N–H and O–H groups in total. The standard InChI is InChI=1S/C13H16BrN3S/c1-8-7-18-13(17-8)9(2)16-6-10-3-4-12(15)11(14)5-10/h3-5,7,9,16H,6,15H2,1-2H3. The molecule has 96 valence electrons. The summed E-state index contributed by atoms with van der Waals surface area (Å²) in [4.78, 5) is 4.48. The molecule has 1 atom stereocenters. The predicted molar refractivity (Wildman–Crippen MR) is 80.7 cm³/mol. The van der Waals surface area contributed by atoms with Gasteiger partial charge in [0.15, 0.2) is 0 Å². The second-order valence-electron chi connectivity index (χ2n) is 4.29. The van der Waals surface area contributed by atoms with Crippen LogP contribution in [0.4, 0.5) is 5.69 Å². The average Bonchev–Trinajstić information content (AvgIpc) is 2.77. The third-order valence-corrected chi connectivity index (χ3v) is 4.52. The number of nitrogen functional groups attached to an aromatic ring is 1. The molecule has 2 rings (SSSR count). The lowest BCUT2D eigenvalue weighted by Gasteiger charge is -2.11. The molecule has 0 amide bonds. The van der Waals surface area contributed by atoms with E-state index >= 15 is 0 Å². The van der Waals surface area contributed by atoms with Gasteiger partial charge in [-0.05, 0) is 47.5 Å². The van der Waals surface area contributed by atoms with E-state index in [2.05, 4.69) is 38.5 Å². The van der Waals surface area contributed by atoms with Crippen molar-refractivity contribution < 1.29 is 0 Å². The van der Waals surface area contributed by atoms with Crippen molar-refractivity contribution in [2.24, 2.45) is 0 Å². The maximum Gasteiger partial charge on any atom is 0.110 e. The average molecular weight is 326 g/mol. The molecule has 0 aliphatic heterocycles. The highest BCUT2D eigenvalue weighted by molar-refractivity contribution is 9.10. The van der Waals surface area contributed by atoms with Crippen molar-refractivity contribution in [1.82, 2.24) is 10.3 Å². The third-order valence-electron chi connectivity index (χ3n) is 2.68. The lowest BCUT2D eigenvalue weighted by atomic mass is 10.2. The Kier molecular flexibility index (Phi) is 4.37. The van der Waals surface area contributed by atoms with E-state index in [-0.39, 0.29) is 6.04 Å². The molecule has 1 aromatic heterocycles. The van der Waals surface area contributed by atoms with Gasteiger partial charge in [0.25, 0.3) is 0 Å². The van der Waals surface area contributed by atoms with Crippen molar-refractivity contribution in [3.05, 3.63) is 44.3 Å². The Morgan fingerprint density at radius 1 is 1.50 bits per heavy atom. The van der Waals surface area contributed by atoms with Gasteiger partial charge in [0.05, 0.1) is 6.04 Å². The summed E-state index contributed by atoms with van der Waals surface area (Å²) in [6.45, 7) is 4.95. The fourth-order valence-electron chi connectivity index (χ4n) is 1.61. The predicted octanol–water partition coefficient (Wildman–Crippen LogP) is 3.65. The van der Waals surface area contributed by atoms with E-state index in [0.717, 1.165) is 27.4 Å². The number of aryl methyl sites for hydroxylation is 1. The lowest BCUT2D eigenvalue weighted by molar-refractivity contribution is 0.571. The van der Waals surface area contributed by atoms with Gasteiger partial charge in [-0.3, -0.25) is 0 Å². The number of hydrogen-bond donors (Lipinski definition) is 2. The van der Waals surface area contributed by atoms with E-state index in [9.17, 15) is 0 Å². The zero-order valence-corrected chi connectivity index (χ0v) is 12.8. The number of nitrogens with one attached hydrogen (secondary N) is 1. The summed E-state index contributed by atoms with van der Waals surface area (Å²) in [5.41, 5.74) is 8.82. The summed E-state index contributed by atoms with van der Waals surface area (Å²) in [6.07, 6.45) is 0. The van der Waals surface area contributed by atoms with Gasteiger partial charge in [-0.2, -0.15) is 0 Å². The molecule has 5 heteroatoms. The van der Waals surface area contributed by atoms with Gasteiger partial charge in [-0.15, -0.1) is 11.3 Å². The largest absolute Gasteiger partial charge is 0.398 e. The SMILES string of the molecule is Cc1csc(C(C)NCc2ccc(N)c(Br)c2)n1. The van der Waals surface area contributed by atoms with Crippen LogP contribution in [0.1, 0.15) is 29.2 Å². The summed E-state index contributed by atoms with van der Waals surface area (Å²) >= 11 is 5.13. The van der Waals surface area contributed by atoms with Crippen molar-refractivity contribution in [2.75, 3.05) is 5.73 Å². The van der Waals surface area contributed by atoms with Crippen molar-refractivity contribution >= 4 is 33.0 Å². The molecule has 2 aromatic rings. The second-order valence-corrected chi connectivity index (χ2v) is 6.03. The normalized spacial score (nSPS) is 12.6. The van der Waals surface area contributed by atoms with Crippen LogP contribution >= 0.6 is 27.3 Å².